The predicted molar refractivity (Wildman–Crippen MR) is 75.2 cm³/mol. The van der Waals surface area contributed by atoms with Crippen LogP contribution in [0.2, 0.25) is 0 Å². The Balaban J connectivity index is 2.30. The Morgan fingerprint density at radius 3 is 2.76 bits per heavy atom. The Labute approximate surface area is 118 Å². The van der Waals surface area contributed by atoms with Crippen LogP contribution in [0, 0.1) is 17.0 Å². The Morgan fingerprint density at radius 2 is 2.10 bits per heavy atom. The van der Waals surface area contributed by atoms with E-state index in [1.807, 2.05) is 0 Å². The van der Waals surface area contributed by atoms with E-state index in [1.54, 1.807) is 6.20 Å². The van der Waals surface area contributed by atoms with Crippen molar-refractivity contribution in [1.29, 1.82) is 5.41 Å². The summed E-state index contributed by atoms with van der Waals surface area (Å²) in [4.78, 5) is 13.2. The first-order valence-corrected chi connectivity index (χ1v) is 6.15. The third kappa shape index (κ3) is 3.25. The van der Waals surface area contributed by atoms with E-state index < -0.39 is 17.6 Å². The van der Waals surface area contributed by atoms with Crippen molar-refractivity contribution in [3.05, 3.63) is 41.7 Å². The Morgan fingerprint density at radius 1 is 1.38 bits per heavy atom. The number of hydrogen-bond donors (Lipinski definition) is 4. The molecule has 0 unspecified atom stereocenters. The van der Waals surface area contributed by atoms with E-state index in [9.17, 15) is 13.6 Å². The molecule has 0 aliphatic heterocycles. The summed E-state index contributed by atoms with van der Waals surface area (Å²) in [5, 5.41) is 19.1. The Hall–Kier alpha value is -2.70. The molecule has 110 valence electrons. The zero-order valence-corrected chi connectivity index (χ0v) is 10.9. The number of allylic oxidation sites excluding steroid dienone is 1. The van der Waals surface area contributed by atoms with E-state index in [0.717, 1.165) is 18.3 Å². The first kappa shape index (κ1) is 14.7. The molecule has 0 bridgehead atoms. The van der Waals surface area contributed by atoms with Crippen molar-refractivity contribution in [2.24, 2.45) is 0 Å². The van der Waals surface area contributed by atoms with E-state index in [4.69, 9.17) is 10.5 Å². The molecule has 0 saturated heterocycles. The largest absolute Gasteiger partial charge is 0.481 e. The fourth-order valence-electron chi connectivity index (χ4n) is 1.91. The summed E-state index contributed by atoms with van der Waals surface area (Å²) in [5.41, 5.74) is 1.38. The number of aliphatic carboxylic acids is 1. The Kier molecular flexibility index (Phi) is 4.32. The third-order valence-corrected chi connectivity index (χ3v) is 2.93. The minimum absolute atomic E-state index is 0.0600. The van der Waals surface area contributed by atoms with Gasteiger partial charge in [-0.15, -0.1) is 0 Å². The first-order valence-electron chi connectivity index (χ1n) is 6.15. The van der Waals surface area contributed by atoms with Crippen LogP contribution in [-0.4, -0.2) is 28.8 Å². The molecule has 2 rings (SSSR count). The molecule has 21 heavy (non-hydrogen) atoms. The molecule has 0 radical (unpaired) electrons. The highest BCUT2D eigenvalue weighted by molar-refractivity contribution is 6.13. The van der Waals surface area contributed by atoms with E-state index in [-0.39, 0.29) is 13.0 Å². The maximum absolute atomic E-state index is 13.3. The molecule has 0 saturated carbocycles. The highest BCUT2D eigenvalue weighted by Crippen LogP contribution is 2.25. The molecule has 0 amide bonds. The molecule has 0 aliphatic rings. The van der Waals surface area contributed by atoms with Crippen molar-refractivity contribution < 1.29 is 18.7 Å². The molecule has 1 aromatic heterocycles. The predicted octanol–water partition coefficient (Wildman–Crippen LogP) is 2.50. The van der Waals surface area contributed by atoms with E-state index in [2.05, 4.69) is 10.3 Å². The molecule has 7 heteroatoms. The zero-order valence-electron chi connectivity index (χ0n) is 10.9. The van der Waals surface area contributed by atoms with Crippen LogP contribution in [-0.2, 0) is 4.79 Å². The number of rotatable bonds is 6. The maximum Gasteiger partial charge on any atom is 0.305 e. The van der Waals surface area contributed by atoms with Crippen molar-refractivity contribution in [1.82, 2.24) is 10.3 Å². The maximum atomic E-state index is 13.3. The van der Waals surface area contributed by atoms with E-state index >= 15 is 0 Å². The van der Waals surface area contributed by atoms with Gasteiger partial charge >= 0.3 is 5.97 Å². The normalized spacial score (nSPS) is 11.6. The summed E-state index contributed by atoms with van der Waals surface area (Å²) < 4.78 is 26.5. The van der Waals surface area contributed by atoms with Crippen LogP contribution in [0.5, 0.6) is 0 Å². The summed E-state index contributed by atoms with van der Waals surface area (Å²) in [6.45, 7) is 0.206. The second-order valence-corrected chi connectivity index (χ2v) is 4.36. The van der Waals surface area contributed by atoms with Crippen molar-refractivity contribution in [3.63, 3.8) is 0 Å². The molecule has 0 fully saturated rings. The van der Waals surface area contributed by atoms with Gasteiger partial charge in [-0.25, -0.2) is 8.78 Å². The SMILES string of the molecule is N=C/C(=C\NCCC(=O)O)c1c[nH]c2cc(F)c(F)cc12. The van der Waals surface area contributed by atoms with Gasteiger partial charge in [-0.1, -0.05) is 0 Å². The summed E-state index contributed by atoms with van der Waals surface area (Å²) in [7, 11) is 0. The van der Waals surface area contributed by atoms with E-state index in [0.29, 0.717) is 22.0 Å². The van der Waals surface area contributed by atoms with Crippen molar-refractivity contribution >= 4 is 28.7 Å². The van der Waals surface area contributed by atoms with Gasteiger partial charge in [-0.2, -0.15) is 0 Å². The number of nitrogens with one attached hydrogen (secondary N) is 3. The second kappa shape index (κ2) is 6.17. The smallest absolute Gasteiger partial charge is 0.305 e. The van der Waals surface area contributed by atoms with Crippen molar-refractivity contribution in [3.8, 4) is 0 Å². The number of carbonyl (C=O) groups is 1. The standard InChI is InChI=1S/C14H13F2N3O2/c15-11-3-9-10(7-19-13(9)4-12(11)16)8(5-17)6-18-2-1-14(20)21/h3-7,17-19H,1-2H2,(H,20,21)/b8-6+,17-5?. The lowest BCUT2D eigenvalue weighted by atomic mass is 10.1. The van der Waals surface area contributed by atoms with Gasteiger partial charge in [0.15, 0.2) is 11.6 Å². The number of benzene rings is 1. The lowest BCUT2D eigenvalue weighted by Gasteiger charge is -2.03. The van der Waals surface area contributed by atoms with Crippen LogP contribution >= 0.6 is 0 Å². The average Bonchev–Trinajstić information content (AvgIpc) is 2.82. The van der Waals surface area contributed by atoms with Crippen LogP contribution in [0.25, 0.3) is 16.5 Å². The van der Waals surface area contributed by atoms with Gasteiger partial charge in [-0.3, -0.25) is 4.79 Å². The Bertz CT molecular complexity index is 722. The molecule has 1 heterocycles. The fourth-order valence-corrected chi connectivity index (χ4v) is 1.91. The zero-order chi connectivity index (χ0) is 15.4. The minimum Gasteiger partial charge on any atom is -0.481 e. The minimum atomic E-state index is -0.966. The van der Waals surface area contributed by atoms with Gasteiger partial charge in [0.1, 0.15) is 0 Å². The second-order valence-electron chi connectivity index (χ2n) is 4.36. The number of halogens is 2. The van der Waals surface area contributed by atoms with Gasteiger partial charge in [0.2, 0.25) is 0 Å². The van der Waals surface area contributed by atoms with Crippen LogP contribution in [0.3, 0.4) is 0 Å². The van der Waals surface area contributed by atoms with Gasteiger partial charge in [0, 0.05) is 53.3 Å². The summed E-state index contributed by atoms with van der Waals surface area (Å²) in [6, 6.07) is 2.11. The molecule has 5 nitrogen and oxygen atoms in total. The number of aromatic nitrogens is 1. The molecule has 2 aromatic rings. The molecule has 0 atom stereocenters. The number of H-pyrrole nitrogens is 1. The van der Waals surface area contributed by atoms with Gasteiger partial charge in [0.05, 0.1) is 6.42 Å². The van der Waals surface area contributed by atoms with Gasteiger partial charge in [0.25, 0.3) is 0 Å². The molecular weight excluding hydrogens is 280 g/mol. The van der Waals surface area contributed by atoms with Crippen LogP contribution in [0.15, 0.2) is 24.5 Å². The topological polar surface area (TPSA) is 89.0 Å². The highest BCUT2D eigenvalue weighted by Gasteiger charge is 2.11. The molecular formula is C14H13F2N3O2. The molecule has 0 spiro atoms. The lowest BCUT2D eigenvalue weighted by Crippen LogP contribution is -2.12. The summed E-state index contributed by atoms with van der Waals surface area (Å²) in [6.07, 6.45) is 4.01. The number of fused-ring (bicyclic) bond motifs is 1. The summed E-state index contributed by atoms with van der Waals surface area (Å²) >= 11 is 0. The lowest BCUT2D eigenvalue weighted by molar-refractivity contribution is -0.136. The van der Waals surface area contributed by atoms with Gasteiger partial charge < -0.3 is 20.8 Å². The third-order valence-electron chi connectivity index (χ3n) is 2.93. The van der Waals surface area contributed by atoms with Crippen LogP contribution in [0.1, 0.15) is 12.0 Å². The van der Waals surface area contributed by atoms with Crippen molar-refractivity contribution in [2.45, 2.75) is 6.42 Å². The average molecular weight is 293 g/mol. The van der Waals surface area contributed by atoms with Crippen LogP contribution in [0.4, 0.5) is 8.78 Å². The monoisotopic (exact) mass is 293 g/mol. The first-order chi connectivity index (χ1) is 10.0. The molecule has 1 aromatic carbocycles. The van der Waals surface area contributed by atoms with E-state index in [1.165, 1.54) is 6.20 Å². The van der Waals surface area contributed by atoms with Gasteiger partial charge in [-0.05, 0) is 6.07 Å². The fraction of sp³-hybridized carbons (Fsp3) is 0.143. The number of carboxylic acids is 1. The quantitative estimate of drug-likeness (QED) is 0.487. The number of carboxylic acid groups (broad SMARTS) is 1. The summed E-state index contributed by atoms with van der Waals surface area (Å²) in [5.74, 6) is -2.85. The number of aromatic amines is 1. The number of hydrogen-bond acceptors (Lipinski definition) is 3. The molecule has 4 N–H and O–H groups in total. The highest BCUT2D eigenvalue weighted by atomic mass is 19.2. The molecule has 0 aliphatic carbocycles. The van der Waals surface area contributed by atoms with Crippen molar-refractivity contribution in [2.75, 3.05) is 6.54 Å². The van der Waals surface area contributed by atoms with Crippen LogP contribution < -0.4 is 5.32 Å².